The minimum absolute atomic E-state index is 0.134. The molecular formula is C10H16N2O. The predicted molar refractivity (Wildman–Crippen MR) is 54.5 cm³/mol. The number of nitrogen functional groups attached to an aromatic ring is 1. The molecule has 0 amide bonds. The fraction of sp³-hybridized carbons (Fsp3) is 0.400. The third-order valence-corrected chi connectivity index (χ3v) is 2.28. The molecule has 0 saturated carbocycles. The largest absolute Gasteiger partial charge is 0.505 e. The van der Waals surface area contributed by atoms with Crippen LogP contribution in [-0.2, 0) is 0 Å². The summed E-state index contributed by atoms with van der Waals surface area (Å²) >= 11 is 0. The van der Waals surface area contributed by atoms with Crippen molar-refractivity contribution in [3.05, 3.63) is 23.3 Å². The van der Waals surface area contributed by atoms with Gasteiger partial charge in [-0.25, -0.2) is 0 Å². The van der Waals surface area contributed by atoms with Gasteiger partial charge in [0.05, 0.1) is 5.69 Å². The zero-order chi connectivity index (χ0) is 10.0. The Labute approximate surface area is 78.4 Å². The molecule has 1 atom stereocenters. The maximum atomic E-state index is 9.67. The molecule has 0 saturated heterocycles. The van der Waals surface area contributed by atoms with E-state index in [9.17, 15) is 5.11 Å². The molecular weight excluding hydrogens is 164 g/mol. The van der Waals surface area contributed by atoms with Gasteiger partial charge in [0.25, 0.3) is 0 Å². The van der Waals surface area contributed by atoms with E-state index in [-0.39, 0.29) is 11.8 Å². The third-order valence-electron chi connectivity index (χ3n) is 2.28. The monoisotopic (exact) mass is 180 g/mol. The number of aryl methyl sites for hydroxylation is 1. The van der Waals surface area contributed by atoms with Gasteiger partial charge in [-0.1, -0.05) is 13.0 Å². The van der Waals surface area contributed by atoms with Crippen LogP contribution in [0.2, 0.25) is 0 Å². The van der Waals surface area contributed by atoms with Gasteiger partial charge in [0.15, 0.2) is 0 Å². The van der Waals surface area contributed by atoms with Crippen molar-refractivity contribution < 1.29 is 5.11 Å². The van der Waals surface area contributed by atoms with Crippen molar-refractivity contribution in [1.29, 1.82) is 0 Å². The average Bonchev–Trinajstić information content (AvgIpc) is 2.12. The Morgan fingerprint density at radius 3 is 2.62 bits per heavy atom. The summed E-state index contributed by atoms with van der Waals surface area (Å²) in [5.74, 6) is 0.134. The van der Waals surface area contributed by atoms with Gasteiger partial charge in [0, 0.05) is 11.6 Å². The number of rotatable bonds is 2. The van der Waals surface area contributed by atoms with Crippen LogP contribution in [0.3, 0.4) is 0 Å². The Hall–Kier alpha value is -1.22. The summed E-state index contributed by atoms with van der Waals surface area (Å²) in [6.45, 7) is 3.90. The average molecular weight is 180 g/mol. The van der Waals surface area contributed by atoms with Crippen molar-refractivity contribution in [1.82, 2.24) is 0 Å². The molecule has 1 rings (SSSR count). The van der Waals surface area contributed by atoms with Crippen molar-refractivity contribution in [2.75, 3.05) is 5.73 Å². The van der Waals surface area contributed by atoms with Crippen molar-refractivity contribution >= 4 is 5.69 Å². The summed E-state index contributed by atoms with van der Waals surface area (Å²) in [6, 6.07) is 3.43. The number of hydrogen-bond donors (Lipinski definition) is 3. The van der Waals surface area contributed by atoms with E-state index in [1.807, 2.05) is 19.9 Å². The molecule has 1 aromatic carbocycles. The first-order valence-corrected chi connectivity index (χ1v) is 4.41. The summed E-state index contributed by atoms with van der Waals surface area (Å²) in [6.07, 6.45) is 0.790. The zero-order valence-corrected chi connectivity index (χ0v) is 8.04. The Balaban J connectivity index is 3.25. The summed E-state index contributed by atoms with van der Waals surface area (Å²) in [7, 11) is 0. The van der Waals surface area contributed by atoms with Gasteiger partial charge < -0.3 is 16.6 Å². The molecule has 1 aromatic rings. The Morgan fingerprint density at radius 2 is 2.08 bits per heavy atom. The number of hydrogen-bond acceptors (Lipinski definition) is 3. The number of aromatic hydroxyl groups is 1. The molecule has 0 aliphatic carbocycles. The Morgan fingerprint density at radius 1 is 1.46 bits per heavy atom. The lowest BCUT2D eigenvalue weighted by Gasteiger charge is -2.15. The van der Waals surface area contributed by atoms with Crippen LogP contribution in [0.4, 0.5) is 5.69 Å². The fourth-order valence-electron chi connectivity index (χ4n) is 1.40. The highest BCUT2D eigenvalue weighted by Gasteiger charge is 2.13. The van der Waals surface area contributed by atoms with Crippen LogP contribution in [0.15, 0.2) is 12.1 Å². The van der Waals surface area contributed by atoms with E-state index in [0.717, 1.165) is 17.5 Å². The van der Waals surface area contributed by atoms with Crippen molar-refractivity contribution in [3.63, 3.8) is 0 Å². The quantitative estimate of drug-likeness (QED) is 0.479. The van der Waals surface area contributed by atoms with Gasteiger partial charge >= 0.3 is 0 Å². The SMILES string of the molecule is CC[C@H](N)c1c(C)ccc(N)c1O. The van der Waals surface area contributed by atoms with Crippen molar-refractivity contribution in [3.8, 4) is 5.75 Å². The summed E-state index contributed by atoms with van der Waals surface area (Å²) in [4.78, 5) is 0. The smallest absolute Gasteiger partial charge is 0.143 e. The third kappa shape index (κ3) is 1.75. The lowest BCUT2D eigenvalue weighted by molar-refractivity contribution is 0.462. The summed E-state index contributed by atoms with van der Waals surface area (Å²) < 4.78 is 0. The van der Waals surface area contributed by atoms with E-state index < -0.39 is 0 Å². The van der Waals surface area contributed by atoms with Gasteiger partial charge in [0.2, 0.25) is 0 Å². The Bertz CT molecular complexity index is 310. The van der Waals surface area contributed by atoms with Crippen LogP contribution in [0.5, 0.6) is 5.75 Å². The molecule has 0 spiro atoms. The van der Waals surface area contributed by atoms with E-state index >= 15 is 0 Å². The molecule has 0 unspecified atom stereocenters. The molecule has 13 heavy (non-hydrogen) atoms. The second-order valence-electron chi connectivity index (χ2n) is 3.25. The fourth-order valence-corrected chi connectivity index (χ4v) is 1.40. The van der Waals surface area contributed by atoms with E-state index in [4.69, 9.17) is 11.5 Å². The van der Waals surface area contributed by atoms with Crippen molar-refractivity contribution in [2.24, 2.45) is 5.73 Å². The van der Waals surface area contributed by atoms with E-state index in [2.05, 4.69) is 0 Å². The molecule has 5 N–H and O–H groups in total. The molecule has 3 nitrogen and oxygen atoms in total. The van der Waals surface area contributed by atoms with E-state index in [1.54, 1.807) is 6.07 Å². The summed E-state index contributed by atoms with van der Waals surface area (Å²) in [5, 5.41) is 9.67. The van der Waals surface area contributed by atoms with Gasteiger partial charge in [-0.15, -0.1) is 0 Å². The molecule has 0 heterocycles. The van der Waals surface area contributed by atoms with Crippen LogP contribution in [0.1, 0.15) is 30.5 Å². The van der Waals surface area contributed by atoms with E-state index in [1.165, 1.54) is 0 Å². The first kappa shape index (κ1) is 9.86. The molecule has 0 aromatic heterocycles. The summed E-state index contributed by atoms with van der Waals surface area (Å²) in [5.41, 5.74) is 13.6. The lowest BCUT2D eigenvalue weighted by atomic mass is 9.98. The molecule has 3 heteroatoms. The first-order valence-electron chi connectivity index (χ1n) is 4.41. The van der Waals surface area contributed by atoms with Crippen LogP contribution in [0.25, 0.3) is 0 Å². The number of phenols is 1. The minimum atomic E-state index is -0.136. The molecule has 0 aliphatic heterocycles. The number of nitrogens with two attached hydrogens (primary N) is 2. The molecule has 0 radical (unpaired) electrons. The van der Waals surface area contributed by atoms with Crippen LogP contribution in [0, 0.1) is 6.92 Å². The maximum absolute atomic E-state index is 9.67. The van der Waals surface area contributed by atoms with Gasteiger partial charge in [-0.2, -0.15) is 0 Å². The van der Waals surface area contributed by atoms with Crippen molar-refractivity contribution in [2.45, 2.75) is 26.3 Å². The topological polar surface area (TPSA) is 72.3 Å². The maximum Gasteiger partial charge on any atom is 0.143 e. The highest BCUT2D eigenvalue weighted by molar-refractivity contribution is 5.59. The van der Waals surface area contributed by atoms with Crippen LogP contribution >= 0.6 is 0 Å². The zero-order valence-electron chi connectivity index (χ0n) is 8.04. The number of phenolic OH excluding ortho intramolecular Hbond substituents is 1. The van der Waals surface area contributed by atoms with Crippen LogP contribution in [-0.4, -0.2) is 5.11 Å². The molecule has 72 valence electrons. The highest BCUT2D eigenvalue weighted by atomic mass is 16.3. The number of anilines is 1. The molecule has 0 aliphatic rings. The normalized spacial score (nSPS) is 12.8. The second-order valence-corrected chi connectivity index (χ2v) is 3.25. The van der Waals surface area contributed by atoms with Gasteiger partial charge in [-0.3, -0.25) is 0 Å². The van der Waals surface area contributed by atoms with Crippen LogP contribution < -0.4 is 11.5 Å². The standard InChI is InChI=1S/C10H16N2O/c1-3-7(11)9-6(2)4-5-8(12)10(9)13/h4-5,7,13H,3,11-12H2,1-2H3/t7-/m0/s1. The first-order chi connectivity index (χ1) is 6.07. The van der Waals surface area contributed by atoms with E-state index in [0.29, 0.717) is 5.69 Å². The van der Waals surface area contributed by atoms with Gasteiger partial charge in [0.1, 0.15) is 5.75 Å². The minimum Gasteiger partial charge on any atom is -0.505 e. The Kier molecular flexibility index (Phi) is 2.78. The molecule has 0 bridgehead atoms. The highest BCUT2D eigenvalue weighted by Crippen LogP contribution is 2.32. The second kappa shape index (κ2) is 3.66. The predicted octanol–water partition coefficient (Wildman–Crippen LogP) is 1.69. The number of benzene rings is 1. The lowest BCUT2D eigenvalue weighted by Crippen LogP contribution is -2.11. The van der Waals surface area contributed by atoms with Gasteiger partial charge in [-0.05, 0) is 25.0 Å². The molecule has 0 fully saturated rings.